The van der Waals surface area contributed by atoms with Gasteiger partial charge in [-0.25, -0.2) is 0 Å². The van der Waals surface area contributed by atoms with Crippen molar-refractivity contribution < 1.29 is 4.79 Å². The molecule has 2 nitrogen and oxygen atoms in total. The minimum absolute atomic E-state index is 0.152. The molecule has 0 aromatic heterocycles. The van der Waals surface area contributed by atoms with Crippen LogP contribution in [0.1, 0.15) is 29.2 Å². The first-order chi connectivity index (χ1) is 6.85. The molecule has 0 saturated carbocycles. The Morgan fingerprint density at radius 3 is 2.86 bits per heavy atom. The summed E-state index contributed by atoms with van der Waals surface area (Å²) in [6.45, 7) is 0. The number of carbonyl (C=O) groups is 1. The highest BCUT2D eigenvalue weighted by Gasteiger charge is 2.14. The lowest BCUT2D eigenvalue weighted by Gasteiger charge is -2.10. The molecule has 0 bridgehead atoms. The molecular formula is C12H15NO. The van der Waals surface area contributed by atoms with Gasteiger partial charge in [-0.3, -0.25) is 0 Å². The normalized spacial score (nSPS) is 16.4. The summed E-state index contributed by atoms with van der Waals surface area (Å²) in [5.74, 6) is 0. The van der Waals surface area contributed by atoms with Gasteiger partial charge in [0.05, 0.1) is 6.04 Å². The van der Waals surface area contributed by atoms with Crippen molar-refractivity contribution in [2.75, 3.05) is 7.05 Å². The predicted molar refractivity (Wildman–Crippen MR) is 56.3 cm³/mol. The molecule has 1 aliphatic carbocycles. The van der Waals surface area contributed by atoms with E-state index in [4.69, 9.17) is 0 Å². The molecular weight excluding hydrogens is 174 g/mol. The van der Waals surface area contributed by atoms with Crippen molar-refractivity contribution in [2.45, 2.75) is 25.3 Å². The second kappa shape index (κ2) is 3.93. The number of fused-ring (bicyclic) bond motifs is 1. The molecule has 1 aromatic carbocycles. The van der Waals surface area contributed by atoms with Crippen LogP contribution in [0.4, 0.5) is 0 Å². The quantitative estimate of drug-likeness (QED) is 0.732. The van der Waals surface area contributed by atoms with Crippen LogP contribution in [-0.2, 0) is 17.6 Å². The minimum atomic E-state index is -0.152. The van der Waals surface area contributed by atoms with Gasteiger partial charge < -0.3 is 10.1 Å². The monoisotopic (exact) mass is 189 g/mol. The third-order valence-electron chi connectivity index (χ3n) is 2.93. The molecule has 0 amide bonds. The lowest BCUT2D eigenvalue weighted by atomic mass is 10.0. The number of likely N-dealkylation sites (N-methyl/N-ethyl adjacent to an activating group) is 1. The van der Waals surface area contributed by atoms with Gasteiger partial charge in [0, 0.05) is 0 Å². The molecule has 0 heterocycles. The van der Waals surface area contributed by atoms with Crippen molar-refractivity contribution >= 4 is 6.29 Å². The van der Waals surface area contributed by atoms with E-state index >= 15 is 0 Å². The van der Waals surface area contributed by atoms with Gasteiger partial charge in [0.2, 0.25) is 0 Å². The molecule has 1 aliphatic rings. The summed E-state index contributed by atoms with van der Waals surface area (Å²) in [6.07, 6.45) is 4.57. The Morgan fingerprint density at radius 2 is 2.14 bits per heavy atom. The maximum Gasteiger partial charge on any atom is 0.141 e. The Morgan fingerprint density at radius 1 is 1.36 bits per heavy atom. The molecule has 1 aromatic rings. The molecule has 74 valence electrons. The first-order valence-corrected chi connectivity index (χ1v) is 5.09. The van der Waals surface area contributed by atoms with Crippen LogP contribution in [0.2, 0.25) is 0 Å². The van der Waals surface area contributed by atoms with Crippen LogP contribution in [0.3, 0.4) is 0 Å². The summed E-state index contributed by atoms with van der Waals surface area (Å²) >= 11 is 0. The summed E-state index contributed by atoms with van der Waals surface area (Å²) in [4.78, 5) is 10.8. The number of hydrogen-bond acceptors (Lipinski definition) is 2. The maximum absolute atomic E-state index is 10.8. The Bertz CT molecular complexity index is 346. The largest absolute Gasteiger partial charge is 0.307 e. The topological polar surface area (TPSA) is 29.1 Å². The fraction of sp³-hybridized carbons (Fsp3) is 0.417. The molecule has 2 heteroatoms. The van der Waals surface area contributed by atoms with Crippen molar-refractivity contribution in [3.63, 3.8) is 0 Å². The van der Waals surface area contributed by atoms with Crippen LogP contribution < -0.4 is 5.32 Å². The second-order valence-electron chi connectivity index (χ2n) is 3.78. The van der Waals surface area contributed by atoms with Crippen LogP contribution in [0.25, 0.3) is 0 Å². The van der Waals surface area contributed by atoms with Gasteiger partial charge in [-0.15, -0.1) is 0 Å². The molecule has 1 atom stereocenters. The van der Waals surface area contributed by atoms with E-state index in [1.54, 1.807) is 0 Å². The van der Waals surface area contributed by atoms with Crippen LogP contribution in [0.5, 0.6) is 0 Å². The molecule has 0 radical (unpaired) electrons. The summed E-state index contributed by atoms with van der Waals surface area (Å²) in [5, 5.41) is 2.99. The molecule has 14 heavy (non-hydrogen) atoms. The van der Waals surface area contributed by atoms with Crippen molar-refractivity contribution in [3.05, 3.63) is 34.9 Å². The van der Waals surface area contributed by atoms with E-state index in [-0.39, 0.29) is 6.04 Å². The highest BCUT2D eigenvalue weighted by molar-refractivity contribution is 5.62. The lowest BCUT2D eigenvalue weighted by molar-refractivity contribution is -0.109. The van der Waals surface area contributed by atoms with Gasteiger partial charge in [0.15, 0.2) is 0 Å². The molecule has 0 saturated heterocycles. The van der Waals surface area contributed by atoms with Crippen molar-refractivity contribution in [2.24, 2.45) is 0 Å². The van der Waals surface area contributed by atoms with E-state index in [0.29, 0.717) is 0 Å². The number of rotatable bonds is 3. The molecule has 2 rings (SSSR count). The Hall–Kier alpha value is -1.15. The van der Waals surface area contributed by atoms with E-state index < -0.39 is 0 Å². The third-order valence-corrected chi connectivity index (χ3v) is 2.93. The molecule has 1 N–H and O–H groups in total. The van der Waals surface area contributed by atoms with Crippen LogP contribution >= 0.6 is 0 Å². The number of aldehydes is 1. The van der Waals surface area contributed by atoms with Gasteiger partial charge in [-0.2, -0.15) is 0 Å². The van der Waals surface area contributed by atoms with Crippen LogP contribution in [0.15, 0.2) is 18.2 Å². The first kappa shape index (κ1) is 9.41. The average molecular weight is 189 g/mol. The fourth-order valence-corrected chi connectivity index (χ4v) is 2.10. The SMILES string of the molecule is CNC(C=O)c1ccc2c(c1)CCC2. The molecule has 0 aliphatic heterocycles. The van der Waals surface area contributed by atoms with Gasteiger partial charge in [0.25, 0.3) is 0 Å². The molecule has 1 unspecified atom stereocenters. The van der Waals surface area contributed by atoms with Gasteiger partial charge in [0.1, 0.15) is 6.29 Å². The summed E-state index contributed by atoms with van der Waals surface area (Å²) in [5.41, 5.74) is 3.96. The Balaban J connectivity index is 2.32. The Labute approximate surface area is 84.3 Å². The van der Waals surface area contributed by atoms with E-state index in [2.05, 4.69) is 23.5 Å². The maximum atomic E-state index is 10.8. The standard InChI is InChI=1S/C12H15NO/c1-13-12(8-14)11-6-5-9-3-2-4-10(9)7-11/h5-8,12-13H,2-4H2,1H3. The average Bonchev–Trinajstić information content (AvgIpc) is 2.66. The summed E-state index contributed by atoms with van der Waals surface area (Å²) in [6, 6.07) is 6.23. The van der Waals surface area contributed by atoms with Crippen molar-refractivity contribution in [1.29, 1.82) is 0 Å². The highest BCUT2D eigenvalue weighted by Crippen LogP contribution is 2.24. The second-order valence-corrected chi connectivity index (χ2v) is 3.78. The van der Waals surface area contributed by atoms with E-state index in [9.17, 15) is 4.79 Å². The van der Waals surface area contributed by atoms with Crippen molar-refractivity contribution in [1.82, 2.24) is 5.32 Å². The number of nitrogens with one attached hydrogen (secondary N) is 1. The Kier molecular flexibility index (Phi) is 2.64. The zero-order chi connectivity index (χ0) is 9.97. The zero-order valence-corrected chi connectivity index (χ0v) is 8.42. The summed E-state index contributed by atoms with van der Waals surface area (Å²) < 4.78 is 0. The number of benzene rings is 1. The third kappa shape index (κ3) is 1.58. The smallest absolute Gasteiger partial charge is 0.141 e. The predicted octanol–water partition coefficient (Wildman–Crippen LogP) is 1.63. The van der Waals surface area contributed by atoms with Crippen molar-refractivity contribution in [3.8, 4) is 0 Å². The highest BCUT2D eigenvalue weighted by atomic mass is 16.1. The number of aryl methyl sites for hydroxylation is 2. The first-order valence-electron chi connectivity index (χ1n) is 5.09. The van der Waals surface area contributed by atoms with Gasteiger partial charge >= 0.3 is 0 Å². The molecule has 0 fully saturated rings. The van der Waals surface area contributed by atoms with Gasteiger partial charge in [-0.1, -0.05) is 18.2 Å². The molecule has 0 spiro atoms. The number of hydrogen-bond donors (Lipinski definition) is 1. The fourth-order valence-electron chi connectivity index (χ4n) is 2.10. The van der Waals surface area contributed by atoms with Gasteiger partial charge in [-0.05, 0) is 43.0 Å². The van der Waals surface area contributed by atoms with E-state index in [1.807, 2.05) is 7.05 Å². The number of carbonyl (C=O) groups excluding carboxylic acids is 1. The van der Waals surface area contributed by atoms with E-state index in [0.717, 1.165) is 11.8 Å². The van der Waals surface area contributed by atoms with Crippen LogP contribution in [-0.4, -0.2) is 13.3 Å². The van der Waals surface area contributed by atoms with Crippen LogP contribution in [0, 0.1) is 0 Å². The minimum Gasteiger partial charge on any atom is -0.307 e. The summed E-state index contributed by atoms with van der Waals surface area (Å²) in [7, 11) is 1.81. The lowest BCUT2D eigenvalue weighted by Crippen LogP contribution is -2.17. The van der Waals surface area contributed by atoms with E-state index in [1.165, 1.54) is 30.4 Å². The zero-order valence-electron chi connectivity index (χ0n) is 8.42.